The van der Waals surface area contributed by atoms with E-state index < -0.39 is 0 Å². The Kier molecular flexibility index (Phi) is 4.88. The fraction of sp³-hybridized carbons (Fsp3) is 0.588. The van der Waals surface area contributed by atoms with Crippen molar-refractivity contribution in [2.75, 3.05) is 32.8 Å². The number of nitrogens with zero attached hydrogens (tertiary/aromatic N) is 2. The normalized spacial score (nSPS) is 23.0. The third-order valence-corrected chi connectivity index (χ3v) is 4.46. The van der Waals surface area contributed by atoms with Crippen LogP contribution in [-0.2, 0) is 16.1 Å². The molecule has 0 saturated carbocycles. The van der Waals surface area contributed by atoms with Gasteiger partial charge in [0, 0.05) is 13.1 Å². The standard InChI is InChI=1S/C17H24N2O2/c20-17(21-13-12-18-9-5-10-18)16-8-4-11-19(16)14-15-6-2-1-3-7-15/h1-3,6-7,16H,4-5,8-14H2. The lowest BCUT2D eigenvalue weighted by Gasteiger charge is -2.30. The first-order valence-electron chi connectivity index (χ1n) is 8.00. The average molecular weight is 288 g/mol. The molecule has 0 amide bonds. The van der Waals surface area contributed by atoms with Crippen LogP contribution < -0.4 is 0 Å². The fourth-order valence-corrected chi connectivity index (χ4v) is 3.08. The van der Waals surface area contributed by atoms with Crippen molar-refractivity contribution < 1.29 is 9.53 Å². The predicted molar refractivity (Wildman–Crippen MR) is 81.9 cm³/mol. The van der Waals surface area contributed by atoms with Crippen molar-refractivity contribution in [2.45, 2.75) is 31.8 Å². The highest BCUT2D eigenvalue weighted by Gasteiger charge is 2.31. The number of benzene rings is 1. The second kappa shape index (κ2) is 7.05. The molecule has 0 aromatic heterocycles. The molecule has 1 aromatic rings. The van der Waals surface area contributed by atoms with E-state index in [1.54, 1.807) is 0 Å². The van der Waals surface area contributed by atoms with E-state index in [9.17, 15) is 4.79 Å². The Balaban J connectivity index is 1.47. The van der Waals surface area contributed by atoms with Gasteiger partial charge in [-0.1, -0.05) is 30.3 Å². The highest BCUT2D eigenvalue weighted by atomic mass is 16.5. The molecular weight excluding hydrogens is 264 g/mol. The summed E-state index contributed by atoms with van der Waals surface area (Å²) < 4.78 is 5.48. The zero-order chi connectivity index (χ0) is 14.5. The molecule has 0 bridgehead atoms. The summed E-state index contributed by atoms with van der Waals surface area (Å²) in [4.78, 5) is 16.8. The van der Waals surface area contributed by atoms with E-state index >= 15 is 0 Å². The molecule has 114 valence electrons. The number of carbonyl (C=O) groups excluding carboxylic acids is 1. The van der Waals surface area contributed by atoms with E-state index in [1.807, 2.05) is 18.2 Å². The monoisotopic (exact) mass is 288 g/mol. The number of esters is 1. The van der Waals surface area contributed by atoms with Gasteiger partial charge in [0.2, 0.25) is 0 Å². The number of ether oxygens (including phenoxy) is 1. The molecule has 0 N–H and O–H groups in total. The summed E-state index contributed by atoms with van der Waals surface area (Å²) in [5.74, 6) is -0.0380. The highest BCUT2D eigenvalue weighted by molar-refractivity contribution is 5.76. The van der Waals surface area contributed by atoms with Gasteiger partial charge in [-0.25, -0.2) is 0 Å². The fourth-order valence-electron chi connectivity index (χ4n) is 3.08. The Morgan fingerprint density at radius 2 is 1.95 bits per heavy atom. The van der Waals surface area contributed by atoms with Crippen molar-refractivity contribution in [1.82, 2.24) is 9.80 Å². The van der Waals surface area contributed by atoms with Gasteiger partial charge in [0.25, 0.3) is 0 Å². The summed E-state index contributed by atoms with van der Waals surface area (Å²) >= 11 is 0. The van der Waals surface area contributed by atoms with Crippen molar-refractivity contribution in [3.63, 3.8) is 0 Å². The van der Waals surface area contributed by atoms with Gasteiger partial charge < -0.3 is 4.74 Å². The Labute approximate surface area is 126 Å². The van der Waals surface area contributed by atoms with Crippen LogP contribution in [-0.4, -0.2) is 54.6 Å². The quantitative estimate of drug-likeness (QED) is 0.749. The summed E-state index contributed by atoms with van der Waals surface area (Å²) in [5, 5.41) is 0. The molecule has 0 aliphatic carbocycles. The van der Waals surface area contributed by atoms with E-state index in [2.05, 4.69) is 21.9 Å². The van der Waals surface area contributed by atoms with Gasteiger partial charge in [-0.3, -0.25) is 14.6 Å². The van der Waals surface area contributed by atoms with Crippen LogP contribution in [0.15, 0.2) is 30.3 Å². The van der Waals surface area contributed by atoms with Crippen molar-refractivity contribution in [2.24, 2.45) is 0 Å². The van der Waals surface area contributed by atoms with Gasteiger partial charge in [-0.15, -0.1) is 0 Å². The summed E-state index contributed by atoms with van der Waals surface area (Å²) in [6.45, 7) is 5.56. The largest absolute Gasteiger partial charge is 0.463 e. The number of rotatable bonds is 6. The third kappa shape index (κ3) is 3.83. The van der Waals surface area contributed by atoms with Crippen LogP contribution in [0, 0.1) is 0 Å². The molecule has 0 spiro atoms. The van der Waals surface area contributed by atoms with E-state index in [0.29, 0.717) is 6.61 Å². The minimum atomic E-state index is -0.0541. The van der Waals surface area contributed by atoms with Crippen LogP contribution in [0.1, 0.15) is 24.8 Å². The SMILES string of the molecule is O=C(OCCN1CCC1)C1CCCN1Cc1ccccc1. The van der Waals surface area contributed by atoms with E-state index in [1.165, 1.54) is 12.0 Å². The first-order chi connectivity index (χ1) is 10.3. The second-order valence-corrected chi connectivity index (χ2v) is 5.98. The topological polar surface area (TPSA) is 32.8 Å². The lowest BCUT2D eigenvalue weighted by atomic mass is 10.2. The maximum Gasteiger partial charge on any atom is 0.323 e. The van der Waals surface area contributed by atoms with Gasteiger partial charge >= 0.3 is 5.97 Å². The molecule has 2 saturated heterocycles. The molecule has 21 heavy (non-hydrogen) atoms. The molecule has 3 rings (SSSR count). The van der Waals surface area contributed by atoms with Gasteiger partial charge in [0.15, 0.2) is 0 Å². The van der Waals surface area contributed by atoms with Crippen LogP contribution in [0.4, 0.5) is 0 Å². The molecule has 2 heterocycles. The molecule has 1 atom stereocenters. The molecule has 4 nitrogen and oxygen atoms in total. The Bertz CT molecular complexity index is 459. The van der Waals surface area contributed by atoms with Crippen LogP contribution in [0.3, 0.4) is 0 Å². The maximum absolute atomic E-state index is 12.3. The zero-order valence-corrected chi connectivity index (χ0v) is 12.5. The summed E-state index contributed by atoms with van der Waals surface area (Å²) in [5.41, 5.74) is 1.26. The first-order valence-corrected chi connectivity index (χ1v) is 8.00. The van der Waals surface area contributed by atoms with E-state index in [4.69, 9.17) is 4.74 Å². The Hall–Kier alpha value is -1.39. The number of carbonyl (C=O) groups is 1. The van der Waals surface area contributed by atoms with Gasteiger partial charge in [0.1, 0.15) is 12.6 Å². The molecule has 2 aliphatic heterocycles. The van der Waals surface area contributed by atoms with Crippen molar-refractivity contribution >= 4 is 5.97 Å². The second-order valence-electron chi connectivity index (χ2n) is 5.98. The molecule has 0 radical (unpaired) electrons. The first kappa shape index (κ1) is 14.5. The van der Waals surface area contributed by atoms with Crippen LogP contribution >= 0.6 is 0 Å². The Morgan fingerprint density at radius 1 is 1.14 bits per heavy atom. The molecular formula is C17H24N2O2. The lowest BCUT2D eigenvalue weighted by Crippen LogP contribution is -2.41. The Morgan fingerprint density at radius 3 is 2.67 bits per heavy atom. The lowest BCUT2D eigenvalue weighted by molar-refractivity contribution is -0.149. The molecule has 1 unspecified atom stereocenters. The van der Waals surface area contributed by atoms with Crippen molar-refractivity contribution in [3.8, 4) is 0 Å². The van der Waals surface area contributed by atoms with E-state index in [0.717, 1.165) is 45.6 Å². The number of hydrogen-bond donors (Lipinski definition) is 0. The van der Waals surface area contributed by atoms with E-state index in [-0.39, 0.29) is 12.0 Å². The average Bonchev–Trinajstić information content (AvgIpc) is 2.91. The summed E-state index contributed by atoms with van der Waals surface area (Å²) in [7, 11) is 0. The third-order valence-electron chi connectivity index (χ3n) is 4.46. The summed E-state index contributed by atoms with van der Waals surface area (Å²) in [6.07, 6.45) is 3.29. The number of hydrogen-bond acceptors (Lipinski definition) is 4. The van der Waals surface area contributed by atoms with Crippen LogP contribution in [0.25, 0.3) is 0 Å². The minimum absolute atomic E-state index is 0.0380. The predicted octanol–water partition coefficient (Wildman–Crippen LogP) is 1.90. The maximum atomic E-state index is 12.3. The minimum Gasteiger partial charge on any atom is -0.463 e. The molecule has 2 aliphatic rings. The highest BCUT2D eigenvalue weighted by Crippen LogP contribution is 2.21. The number of likely N-dealkylation sites (tertiary alicyclic amines) is 2. The summed E-state index contributed by atoms with van der Waals surface area (Å²) in [6, 6.07) is 10.3. The van der Waals surface area contributed by atoms with Crippen LogP contribution in [0.5, 0.6) is 0 Å². The van der Waals surface area contributed by atoms with Crippen LogP contribution in [0.2, 0.25) is 0 Å². The van der Waals surface area contributed by atoms with Crippen molar-refractivity contribution in [1.29, 1.82) is 0 Å². The van der Waals surface area contributed by atoms with Crippen molar-refractivity contribution in [3.05, 3.63) is 35.9 Å². The molecule has 1 aromatic carbocycles. The van der Waals surface area contributed by atoms with Gasteiger partial charge in [-0.2, -0.15) is 0 Å². The van der Waals surface area contributed by atoms with Gasteiger partial charge in [-0.05, 0) is 44.5 Å². The smallest absolute Gasteiger partial charge is 0.323 e. The van der Waals surface area contributed by atoms with Gasteiger partial charge in [0.05, 0.1) is 0 Å². The molecule has 4 heteroatoms. The zero-order valence-electron chi connectivity index (χ0n) is 12.5. The molecule has 2 fully saturated rings.